The molecule has 4 aromatic rings. The van der Waals surface area contributed by atoms with Crippen LogP contribution in [0, 0.1) is 23.0 Å². The SMILES string of the molecule is C=CC(=O)NC1CC(N2CCc3c(Cl)c(-c4ccc(F)c5sc(N)c(C#N)c45)c(F)c4nc(OCC56CCCN5C[C@H](F)C6)nc2c34)C1. The highest BCUT2D eigenvalue weighted by Crippen LogP contribution is 2.49. The quantitative estimate of drug-likeness (QED) is 0.225. The molecular weight excluding hydrogens is 663 g/mol. The molecule has 14 heteroatoms. The van der Waals surface area contributed by atoms with Gasteiger partial charge in [-0.2, -0.15) is 15.2 Å². The van der Waals surface area contributed by atoms with Crippen LogP contribution in [-0.2, 0) is 11.2 Å². The van der Waals surface area contributed by atoms with Crippen LogP contribution in [0.25, 0.3) is 32.1 Å². The summed E-state index contributed by atoms with van der Waals surface area (Å²) in [5, 5.41) is 13.7. The summed E-state index contributed by atoms with van der Waals surface area (Å²) in [7, 11) is 0. The second-order valence-electron chi connectivity index (χ2n) is 13.1. The summed E-state index contributed by atoms with van der Waals surface area (Å²) in [6.45, 7) is 5.33. The van der Waals surface area contributed by atoms with Gasteiger partial charge in [-0.3, -0.25) is 9.69 Å². The first-order chi connectivity index (χ1) is 23.1. The monoisotopic (exact) mass is 693 g/mol. The minimum absolute atomic E-state index is 0.00464. The third-order valence-electron chi connectivity index (χ3n) is 10.5. The van der Waals surface area contributed by atoms with Crippen molar-refractivity contribution in [3.05, 3.63) is 52.6 Å². The van der Waals surface area contributed by atoms with Gasteiger partial charge >= 0.3 is 6.01 Å². The van der Waals surface area contributed by atoms with E-state index < -0.39 is 23.3 Å². The van der Waals surface area contributed by atoms with Gasteiger partial charge in [0.25, 0.3) is 0 Å². The number of thiophene rings is 1. The van der Waals surface area contributed by atoms with Gasteiger partial charge in [-0.25, -0.2) is 13.2 Å². The van der Waals surface area contributed by atoms with E-state index in [1.807, 2.05) is 6.07 Å². The summed E-state index contributed by atoms with van der Waals surface area (Å²) >= 11 is 7.98. The van der Waals surface area contributed by atoms with Crippen molar-refractivity contribution >= 4 is 60.7 Å². The summed E-state index contributed by atoms with van der Waals surface area (Å²) < 4.78 is 53.0. The lowest BCUT2D eigenvalue weighted by molar-refractivity contribution is -0.117. The molecule has 1 saturated carbocycles. The normalized spacial score (nSPS) is 24.8. The molecular formula is C34H31ClF3N7O2S. The van der Waals surface area contributed by atoms with Gasteiger partial charge in [0.2, 0.25) is 5.91 Å². The minimum atomic E-state index is -0.946. The maximum Gasteiger partial charge on any atom is 0.319 e. The lowest BCUT2D eigenvalue weighted by Gasteiger charge is -2.45. The van der Waals surface area contributed by atoms with Crippen molar-refractivity contribution in [2.45, 2.75) is 62.3 Å². The molecule has 4 aliphatic rings. The topological polar surface area (TPSA) is 120 Å². The molecule has 1 amide bonds. The summed E-state index contributed by atoms with van der Waals surface area (Å²) in [5.74, 6) is -1.11. The predicted molar refractivity (Wildman–Crippen MR) is 179 cm³/mol. The van der Waals surface area contributed by atoms with Crippen molar-refractivity contribution in [1.29, 1.82) is 5.26 Å². The third-order valence-corrected chi connectivity index (χ3v) is 11.9. The van der Waals surface area contributed by atoms with Crippen LogP contribution in [0.5, 0.6) is 6.01 Å². The van der Waals surface area contributed by atoms with Gasteiger partial charge in [-0.05, 0) is 61.9 Å². The molecule has 9 nitrogen and oxygen atoms in total. The highest BCUT2D eigenvalue weighted by atomic mass is 35.5. The Hall–Kier alpha value is -4.12. The highest BCUT2D eigenvalue weighted by molar-refractivity contribution is 7.23. The van der Waals surface area contributed by atoms with Crippen LogP contribution in [0.4, 0.5) is 24.0 Å². The fourth-order valence-corrected chi connectivity index (χ4v) is 9.48. The van der Waals surface area contributed by atoms with Crippen molar-refractivity contribution in [1.82, 2.24) is 20.2 Å². The number of carbonyl (C=O) groups excluding carboxylic acids is 1. The number of hydrogen-bond acceptors (Lipinski definition) is 9. The summed E-state index contributed by atoms with van der Waals surface area (Å²) in [4.78, 5) is 25.5. The molecule has 0 spiro atoms. The third kappa shape index (κ3) is 4.71. The molecule has 1 unspecified atom stereocenters. The van der Waals surface area contributed by atoms with Gasteiger partial charge in [0.15, 0.2) is 5.82 Å². The fourth-order valence-electron chi connectivity index (χ4n) is 8.15. The Balaban J connectivity index is 1.27. The number of nitrogens with zero attached hydrogens (tertiary/aromatic N) is 5. The molecule has 0 bridgehead atoms. The van der Waals surface area contributed by atoms with Crippen LogP contribution in [-0.4, -0.2) is 70.8 Å². The molecule has 248 valence electrons. The zero-order valence-electron chi connectivity index (χ0n) is 25.8. The number of benzene rings is 2. The average Bonchev–Trinajstić information content (AvgIpc) is 3.70. The Morgan fingerprint density at radius 3 is 2.88 bits per heavy atom. The maximum absolute atomic E-state index is 17.1. The van der Waals surface area contributed by atoms with Crippen LogP contribution in [0.15, 0.2) is 24.8 Å². The summed E-state index contributed by atoms with van der Waals surface area (Å²) in [5.41, 5.74) is 6.53. The summed E-state index contributed by atoms with van der Waals surface area (Å²) in [6.07, 6.45) is 4.11. The van der Waals surface area contributed by atoms with E-state index in [0.717, 1.165) is 30.7 Å². The van der Waals surface area contributed by atoms with Gasteiger partial charge < -0.3 is 20.7 Å². The molecule has 3 N–H and O–H groups in total. The van der Waals surface area contributed by atoms with Gasteiger partial charge in [0, 0.05) is 42.5 Å². The molecule has 3 aliphatic heterocycles. The van der Waals surface area contributed by atoms with E-state index in [1.165, 1.54) is 18.2 Å². The number of nitrogens with one attached hydrogen (secondary N) is 1. The zero-order chi connectivity index (χ0) is 33.5. The first-order valence-corrected chi connectivity index (χ1v) is 17.2. The molecule has 5 heterocycles. The number of alkyl halides is 1. The van der Waals surface area contributed by atoms with E-state index in [4.69, 9.17) is 27.1 Å². The number of aromatic nitrogens is 2. The number of nitrogen functional groups attached to an aromatic ring is 1. The smallest absolute Gasteiger partial charge is 0.319 e. The van der Waals surface area contributed by atoms with E-state index in [9.17, 15) is 18.8 Å². The number of nitrogens with two attached hydrogens (primary N) is 1. The average molecular weight is 694 g/mol. The van der Waals surface area contributed by atoms with Crippen LogP contribution in [0.1, 0.15) is 43.2 Å². The van der Waals surface area contributed by atoms with Gasteiger partial charge in [-0.1, -0.05) is 24.2 Å². The van der Waals surface area contributed by atoms with E-state index >= 15 is 4.39 Å². The first kappa shape index (κ1) is 31.2. The van der Waals surface area contributed by atoms with E-state index in [0.29, 0.717) is 55.5 Å². The lowest BCUT2D eigenvalue weighted by Crippen LogP contribution is -2.55. The summed E-state index contributed by atoms with van der Waals surface area (Å²) in [6, 6.07) is 4.61. The standard InChI is InChI=1S/C34H31ClF3N7O2S/c1-2-23(46)41-17-10-18(11-17)45-9-6-20-26-29(42-33(43-32(26)45)47-15-34-7-3-8-44(34)14-16(36)12-34)28(38)25(27(20)35)19-4-5-22(37)30-24(19)21(13-39)31(40)48-30/h2,4-5,16-18H,1,3,6-12,14-15,40H2,(H,41,46)/t16-,17?,18?,34?/m1/s1. The maximum atomic E-state index is 17.1. The molecule has 2 aromatic carbocycles. The van der Waals surface area contributed by atoms with E-state index in [2.05, 4.69) is 26.7 Å². The van der Waals surface area contributed by atoms with Crippen LogP contribution in [0.2, 0.25) is 5.02 Å². The van der Waals surface area contributed by atoms with Gasteiger partial charge in [-0.15, -0.1) is 11.3 Å². The van der Waals surface area contributed by atoms with Gasteiger partial charge in [0.05, 0.1) is 26.2 Å². The second-order valence-corrected chi connectivity index (χ2v) is 14.6. The van der Waals surface area contributed by atoms with Crippen LogP contribution < -0.4 is 20.7 Å². The lowest BCUT2D eigenvalue weighted by atomic mass is 9.83. The molecule has 2 atom stereocenters. The van der Waals surface area contributed by atoms with Crippen molar-refractivity contribution < 1.29 is 22.7 Å². The number of nitriles is 1. The van der Waals surface area contributed by atoms with Crippen molar-refractivity contribution in [3.63, 3.8) is 0 Å². The number of anilines is 2. The predicted octanol–water partition coefficient (Wildman–Crippen LogP) is 6.05. The number of halogens is 4. The van der Waals surface area contributed by atoms with Crippen molar-refractivity contribution in [2.24, 2.45) is 0 Å². The highest BCUT2D eigenvalue weighted by Gasteiger charge is 2.49. The molecule has 0 radical (unpaired) electrons. The Morgan fingerprint density at radius 2 is 2.10 bits per heavy atom. The van der Waals surface area contributed by atoms with E-state index in [-0.39, 0.29) is 72.9 Å². The zero-order valence-corrected chi connectivity index (χ0v) is 27.4. The van der Waals surface area contributed by atoms with Crippen molar-refractivity contribution in [2.75, 3.05) is 36.9 Å². The Kier molecular flexibility index (Phi) is 7.46. The number of ether oxygens (including phenoxy) is 1. The number of carbonyl (C=O) groups is 1. The number of fused-ring (bicyclic) bond motifs is 2. The minimum Gasteiger partial charge on any atom is -0.461 e. The second kappa shape index (κ2) is 11.5. The molecule has 8 rings (SSSR count). The molecule has 48 heavy (non-hydrogen) atoms. The first-order valence-electron chi connectivity index (χ1n) is 16.0. The molecule has 3 fully saturated rings. The molecule has 2 saturated heterocycles. The van der Waals surface area contributed by atoms with Gasteiger partial charge in [0.1, 0.15) is 41.0 Å². The Bertz CT molecular complexity index is 2080. The molecule has 2 aromatic heterocycles. The Labute approximate surface area is 283 Å². The van der Waals surface area contributed by atoms with Crippen LogP contribution >= 0.6 is 22.9 Å². The largest absolute Gasteiger partial charge is 0.461 e. The number of hydrogen-bond donors (Lipinski definition) is 2. The Morgan fingerprint density at radius 1 is 1.29 bits per heavy atom. The number of rotatable bonds is 7. The fraction of sp³-hybridized carbons (Fsp3) is 0.412. The molecule has 1 aliphatic carbocycles. The van der Waals surface area contributed by atoms with Crippen LogP contribution in [0.3, 0.4) is 0 Å². The van der Waals surface area contributed by atoms with Crippen molar-refractivity contribution in [3.8, 4) is 23.2 Å². The number of amides is 1. The van der Waals surface area contributed by atoms with E-state index in [1.54, 1.807) is 0 Å².